The third-order valence-electron chi connectivity index (χ3n) is 5.00. The van der Waals surface area contributed by atoms with Gasteiger partial charge in [0.15, 0.2) is 0 Å². The van der Waals surface area contributed by atoms with Gasteiger partial charge in [0.25, 0.3) is 5.91 Å². The number of nitrogens with one attached hydrogen (secondary N) is 1. The molecular weight excluding hydrogens is 428 g/mol. The Kier molecular flexibility index (Phi) is 5.48. The quantitative estimate of drug-likeness (QED) is 0.631. The van der Waals surface area contributed by atoms with Crippen LogP contribution < -0.4 is 5.32 Å². The van der Waals surface area contributed by atoms with Crippen LogP contribution in [0.1, 0.15) is 26.4 Å². The van der Waals surface area contributed by atoms with E-state index in [0.29, 0.717) is 30.2 Å². The van der Waals surface area contributed by atoms with Crippen LogP contribution >= 0.6 is 22.9 Å². The molecular formula is C21H19ClN2O3S2. The van der Waals surface area contributed by atoms with Crippen molar-refractivity contribution in [2.45, 2.75) is 24.8 Å². The summed E-state index contributed by atoms with van der Waals surface area (Å²) in [5, 5.41) is 4.92. The number of sulfonamides is 1. The molecule has 0 fully saturated rings. The SMILES string of the molecule is Cc1ccc(Cl)cc1NC(=O)c1sccc1S(=O)(=O)N1CCc2ccccc2C1. The molecule has 1 aliphatic heterocycles. The van der Waals surface area contributed by atoms with Gasteiger partial charge >= 0.3 is 0 Å². The molecule has 150 valence electrons. The van der Waals surface area contributed by atoms with Crippen molar-refractivity contribution in [2.75, 3.05) is 11.9 Å². The number of aryl methyl sites for hydroxylation is 1. The Bertz CT molecular complexity index is 1190. The number of benzene rings is 2. The van der Waals surface area contributed by atoms with Gasteiger partial charge in [0.1, 0.15) is 9.77 Å². The minimum Gasteiger partial charge on any atom is -0.321 e. The number of anilines is 1. The summed E-state index contributed by atoms with van der Waals surface area (Å²) in [6, 6.07) is 14.5. The highest BCUT2D eigenvalue weighted by Gasteiger charge is 2.32. The summed E-state index contributed by atoms with van der Waals surface area (Å²) in [7, 11) is -3.79. The molecule has 3 aromatic rings. The van der Waals surface area contributed by atoms with Gasteiger partial charge in [0.05, 0.1) is 0 Å². The molecule has 0 spiro atoms. The van der Waals surface area contributed by atoms with E-state index in [2.05, 4.69) is 5.32 Å². The van der Waals surface area contributed by atoms with Gasteiger partial charge in [-0.25, -0.2) is 8.42 Å². The number of fused-ring (bicyclic) bond motifs is 1. The van der Waals surface area contributed by atoms with E-state index in [0.717, 1.165) is 22.5 Å². The molecule has 0 unspecified atom stereocenters. The predicted molar refractivity (Wildman–Crippen MR) is 116 cm³/mol. The Balaban J connectivity index is 1.61. The first kappa shape index (κ1) is 20.1. The zero-order valence-corrected chi connectivity index (χ0v) is 18.1. The van der Waals surface area contributed by atoms with Crippen molar-refractivity contribution in [2.24, 2.45) is 0 Å². The first-order valence-electron chi connectivity index (χ1n) is 9.08. The molecule has 1 aliphatic rings. The summed E-state index contributed by atoms with van der Waals surface area (Å²) in [6.07, 6.45) is 0.656. The van der Waals surface area contributed by atoms with E-state index in [4.69, 9.17) is 11.6 Å². The topological polar surface area (TPSA) is 66.5 Å². The highest BCUT2D eigenvalue weighted by molar-refractivity contribution is 7.89. The number of rotatable bonds is 4. The fourth-order valence-corrected chi connectivity index (χ4v) is 6.28. The van der Waals surface area contributed by atoms with E-state index in [1.807, 2.05) is 31.2 Å². The van der Waals surface area contributed by atoms with E-state index in [1.54, 1.807) is 23.6 Å². The molecule has 5 nitrogen and oxygen atoms in total. The van der Waals surface area contributed by atoms with Gasteiger partial charge in [-0.2, -0.15) is 4.31 Å². The molecule has 2 aromatic carbocycles. The highest BCUT2D eigenvalue weighted by Crippen LogP contribution is 2.30. The van der Waals surface area contributed by atoms with E-state index in [-0.39, 0.29) is 9.77 Å². The third-order valence-corrected chi connectivity index (χ3v) is 8.16. The van der Waals surface area contributed by atoms with Crippen LogP contribution in [0.25, 0.3) is 0 Å². The summed E-state index contributed by atoms with van der Waals surface area (Å²) in [6.45, 7) is 2.55. The fourth-order valence-electron chi connectivity index (χ4n) is 3.39. The maximum Gasteiger partial charge on any atom is 0.267 e. The van der Waals surface area contributed by atoms with Gasteiger partial charge in [0, 0.05) is 23.8 Å². The molecule has 1 amide bonds. The van der Waals surface area contributed by atoms with E-state index >= 15 is 0 Å². The first-order valence-corrected chi connectivity index (χ1v) is 11.8. The summed E-state index contributed by atoms with van der Waals surface area (Å²) in [5.74, 6) is -0.457. The number of nitrogens with zero attached hydrogens (tertiary/aromatic N) is 1. The second kappa shape index (κ2) is 7.91. The van der Waals surface area contributed by atoms with Crippen molar-refractivity contribution >= 4 is 44.6 Å². The smallest absolute Gasteiger partial charge is 0.267 e. The standard InChI is InChI=1S/C21H19ClN2O3S2/c1-14-6-7-17(22)12-18(14)23-21(25)20-19(9-11-28-20)29(26,27)24-10-8-15-4-2-3-5-16(15)13-24/h2-7,9,11-12H,8,10,13H2,1H3,(H,23,25). The number of carbonyl (C=O) groups is 1. The Labute approximate surface area is 179 Å². The van der Waals surface area contributed by atoms with E-state index in [9.17, 15) is 13.2 Å². The minimum atomic E-state index is -3.79. The molecule has 0 aliphatic carbocycles. The maximum absolute atomic E-state index is 13.3. The lowest BCUT2D eigenvalue weighted by molar-refractivity contribution is 0.102. The van der Waals surface area contributed by atoms with Crippen molar-refractivity contribution in [3.63, 3.8) is 0 Å². The van der Waals surface area contributed by atoms with Gasteiger partial charge in [-0.3, -0.25) is 4.79 Å². The van der Waals surface area contributed by atoms with Crippen LogP contribution in [0, 0.1) is 6.92 Å². The summed E-state index contributed by atoms with van der Waals surface area (Å²) >= 11 is 7.13. The number of halogens is 1. The second-order valence-corrected chi connectivity index (χ2v) is 10.1. The molecule has 8 heteroatoms. The second-order valence-electron chi connectivity index (χ2n) is 6.88. The van der Waals surface area contributed by atoms with Crippen molar-refractivity contribution < 1.29 is 13.2 Å². The molecule has 0 bridgehead atoms. The predicted octanol–water partition coefficient (Wildman–Crippen LogP) is 4.71. The first-order chi connectivity index (χ1) is 13.9. The van der Waals surface area contributed by atoms with Gasteiger partial charge in [0.2, 0.25) is 10.0 Å². The number of hydrogen-bond donors (Lipinski definition) is 1. The lowest BCUT2D eigenvalue weighted by Gasteiger charge is -2.28. The summed E-state index contributed by atoms with van der Waals surface area (Å²) in [5.41, 5.74) is 3.57. The molecule has 0 atom stereocenters. The van der Waals surface area contributed by atoms with Gasteiger partial charge in [-0.15, -0.1) is 11.3 Å². The zero-order chi connectivity index (χ0) is 20.6. The van der Waals surface area contributed by atoms with Crippen LogP contribution in [-0.4, -0.2) is 25.2 Å². The van der Waals surface area contributed by atoms with Gasteiger partial charge in [-0.1, -0.05) is 41.9 Å². The highest BCUT2D eigenvalue weighted by atomic mass is 35.5. The number of amides is 1. The van der Waals surface area contributed by atoms with Gasteiger partial charge < -0.3 is 5.32 Å². The maximum atomic E-state index is 13.3. The molecule has 2 heterocycles. The molecule has 0 radical (unpaired) electrons. The van der Waals surface area contributed by atoms with Crippen LogP contribution in [0.4, 0.5) is 5.69 Å². The van der Waals surface area contributed by atoms with Crippen LogP contribution in [0.2, 0.25) is 5.02 Å². The van der Waals surface area contributed by atoms with E-state index in [1.165, 1.54) is 15.9 Å². The molecule has 0 saturated carbocycles. The summed E-state index contributed by atoms with van der Waals surface area (Å²) < 4.78 is 28.0. The largest absolute Gasteiger partial charge is 0.321 e. The Morgan fingerprint density at radius 2 is 1.90 bits per heavy atom. The van der Waals surface area contributed by atoms with Gasteiger partial charge in [-0.05, 0) is 53.6 Å². The molecule has 0 saturated heterocycles. The number of thiophene rings is 1. The Morgan fingerprint density at radius 1 is 1.14 bits per heavy atom. The average Bonchev–Trinajstić information content (AvgIpc) is 3.21. The van der Waals surface area contributed by atoms with Crippen LogP contribution in [0.15, 0.2) is 58.8 Å². The summed E-state index contributed by atoms with van der Waals surface area (Å²) in [4.78, 5) is 13.1. The number of carbonyl (C=O) groups excluding carboxylic acids is 1. The molecule has 1 aromatic heterocycles. The fraction of sp³-hybridized carbons (Fsp3) is 0.190. The lowest BCUT2D eigenvalue weighted by Crippen LogP contribution is -2.36. The monoisotopic (exact) mass is 446 g/mol. The van der Waals surface area contributed by atoms with Crippen molar-refractivity contribution in [1.82, 2.24) is 4.31 Å². The van der Waals surface area contributed by atoms with Crippen molar-refractivity contribution in [3.8, 4) is 0 Å². The Morgan fingerprint density at radius 3 is 2.69 bits per heavy atom. The number of hydrogen-bond acceptors (Lipinski definition) is 4. The zero-order valence-electron chi connectivity index (χ0n) is 15.7. The molecule has 29 heavy (non-hydrogen) atoms. The van der Waals surface area contributed by atoms with Crippen molar-refractivity contribution in [1.29, 1.82) is 0 Å². The molecule has 4 rings (SSSR count). The third kappa shape index (κ3) is 3.96. The van der Waals surface area contributed by atoms with E-state index < -0.39 is 15.9 Å². The van der Waals surface area contributed by atoms with Crippen LogP contribution in [0.5, 0.6) is 0 Å². The normalized spacial score (nSPS) is 14.4. The lowest BCUT2D eigenvalue weighted by atomic mass is 10.0. The average molecular weight is 447 g/mol. The molecule has 1 N–H and O–H groups in total. The van der Waals surface area contributed by atoms with Crippen LogP contribution in [0.3, 0.4) is 0 Å². The van der Waals surface area contributed by atoms with Crippen LogP contribution in [-0.2, 0) is 23.0 Å². The minimum absolute atomic E-state index is 0.0408. The Hall–Kier alpha value is -2.19. The van der Waals surface area contributed by atoms with Crippen molar-refractivity contribution in [3.05, 3.63) is 80.5 Å².